The predicted molar refractivity (Wildman–Crippen MR) is 149 cm³/mol. The summed E-state index contributed by atoms with van der Waals surface area (Å²) < 4.78 is 26.9. The molecular formula is C31H36F2N4O2. The summed E-state index contributed by atoms with van der Waals surface area (Å²) in [4.78, 5) is 32.3. The number of amides is 2. The van der Waals surface area contributed by atoms with Crippen LogP contribution >= 0.6 is 0 Å². The quantitative estimate of drug-likeness (QED) is 0.416. The van der Waals surface area contributed by atoms with Gasteiger partial charge in [0.05, 0.1) is 0 Å². The Bertz CT molecular complexity index is 1320. The van der Waals surface area contributed by atoms with Gasteiger partial charge in [0.2, 0.25) is 11.8 Å². The van der Waals surface area contributed by atoms with Crippen molar-refractivity contribution in [2.75, 3.05) is 32.7 Å². The number of hydrogen-bond donors (Lipinski definition) is 2. The largest absolute Gasteiger partial charge is 0.361 e. The molecule has 1 aromatic heterocycles. The summed E-state index contributed by atoms with van der Waals surface area (Å²) >= 11 is 0. The summed E-state index contributed by atoms with van der Waals surface area (Å²) in [6.07, 6.45) is 8.84. The molecule has 39 heavy (non-hydrogen) atoms. The third-order valence-corrected chi connectivity index (χ3v) is 8.32. The second kappa shape index (κ2) is 12.1. The van der Waals surface area contributed by atoms with Crippen LogP contribution in [-0.4, -0.2) is 65.4 Å². The molecule has 2 saturated heterocycles. The Kier molecular flexibility index (Phi) is 8.41. The first kappa shape index (κ1) is 27.1. The Hall–Kier alpha value is -3.52. The van der Waals surface area contributed by atoms with Gasteiger partial charge in [-0.3, -0.25) is 14.5 Å². The van der Waals surface area contributed by atoms with Gasteiger partial charge in [-0.1, -0.05) is 18.2 Å². The molecule has 5 rings (SSSR count). The molecule has 1 atom stereocenters. The summed E-state index contributed by atoms with van der Waals surface area (Å²) in [5, 5.41) is 4.35. The molecule has 2 aliphatic rings. The molecule has 3 aromatic rings. The minimum absolute atomic E-state index is 0.0276. The zero-order valence-corrected chi connectivity index (χ0v) is 22.3. The number of aromatic nitrogens is 1. The van der Waals surface area contributed by atoms with Crippen molar-refractivity contribution >= 4 is 28.8 Å². The molecule has 1 unspecified atom stereocenters. The molecule has 0 bridgehead atoms. The van der Waals surface area contributed by atoms with Gasteiger partial charge in [0.15, 0.2) is 0 Å². The number of para-hydroxylation sites is 1. The first-order valence-electron chi connectivity index (χ1n) is 13.8. The van der Waals surface area contributed by atoms with Gasteiger partial charge in [-0.2, -0.15) is 0 Å². The van der Waals surface area contributed by atoms with Gasteiger partial charge in [0, 0.05) is 61.8 Å². The Morgan fingerprint density at radius 1 is 1.03 bits per heavy atom. The number of benzene rings is 2. The highest BCUT2D eigenvalue weighted by Crippen LogP contribution is 2.35. The standard InChI is InChI=1S/C31H36F2N4O2/c1-21(38)34-20-30(36-12-8-23(9-13-36)28-19-35-29-5-3-2-4-27(28)29)24-10-14-37(15-11-24)31(39)7-6-22-16-25(32)18-26(33)17-22/h2-7,16-19,23-24,30,35H,8-15,20H2,1H3,(H,34,38)/b7-6+. The van der Waals surface area contributed by atoms with Gasteiger partial charge in [0.25, 0.3) is 0 Å². The lowest BCUT2D eigenvalue weighted by atomic mass is 9.84. The van der Waals surface area contributed by atoms with Gasteiger partial charge < -0.3 is 15.2 Å². The van der Waals surface area contributed by atoms with E-state index in [1.807, 2.05) is 0 Å². The maximum Gasteiger partial charge on any atom is 0.246 e. The average molecular weight is 535 g/mol. The Morgan fingerprint density at radius 3 is 2.41 bits per heavy atom. The third kappa shape index (κ3) is 6.56. The summed E-state index contributed by atoms with van der Waals surface area (Å²) in [5.41, 5.74) is 2.89. The number of nitrogens with one attached hydrogen (secondary N) is 2. The van der Waals surface area contributed by atoms with E-state index >= 15 is 0 Å². The van der Waals surface area contributed by atoms with Crippen molar-refractivity contribution in [1.82, 2.24) is 20.1 Å². The fourth-order valence-electron chi connectivity index (χ4n) is 6.26. The number of carbonyl (C=O) groups is 2. The lowest BCUT2D eigenvalue weighted by molar-refractivity contribution is -0.127. The van der Waals surface area contributed by atoms with Gasteiger partial charge in [-0.25, -0.2) is 8.78 Å². The zero-order valence-electron chi connectivity index (χ0n) is 22.3. The number of nitrogens with zero attached hydrogens (tertiary/aromatic N) is 2. The Balaban J connectivity index is 1.19. The fraction of sp³-hybridized carbons (Fsp3) is 0.419. The van der Waals surface area contributed by atoms with Crippen LogP contribution in [0, 0.1) is 17.6 Å². The molecule has 2 aliphatic heterocycles. The topological polar surface area (TPSA) is 68.4 Å². The molecule has 8 heteroatoms. The van der Waals surface area contributed by atoms with Crippen LogP contribution in [0.2, 0.25) is 0 Å². The van der Waals surface area contributed by atoms with Crippen LogP contribution in [-0.2, 0) is 9.59 Å². The van der Waals surface area contributed by atoms with E-state index in [1.54, 1.807) is 11.8 Å². The van der Waals surface area contributed by atoms with E-state index in [2.05, 4.69) is 45.7 Å². The smallest absolute Gasteiger partial charge is 0.246 e. The molecule has 0 saturated carbocycles. The second-order valence-corrected chi connectivity index (χ2v) is 10.8. The lowest BCUT2D eigenvalue weighted by Crippen LogP contribution is -2.53. The number of fused-ring (bicyclic) bond motifs is 1. The van der Waals surface area contributed by atoms with Crippen LogP contribution in [0.5, 0.6) is 0 Å². The van der Waals surface area contributed by atoms with Crippen LogP contribution in [0.4, 0.5) is 8.78 Å². The van der Waals surface area contributed by atoms with E-state index in [4.69, 9.17) is 0 Å². The van der Waals surface area contributed by atoms with E-state index < -0.39 is 11.6 Å². The first-order valence-corrected chi connectivity index (χ1v) is 13.8. The lowest BCUT2D eigenvalue weighted by Gasteiger charge is -2.44. The van der Waals surface area contributed by atoms with E-state index in [9.17, 15) is 18.4 Å². The predicted octanol–water partition coefficient (Wildman–Crippen LogP) is 5.08. The van der Waals surface area contributed by atoms with Crippen LogP contribution in [0.15, 0.2) is 54.7 Å². The molecule has 2 N–H and O–H groups in total. The van der Waals surface area contributed by atoms with Crippen molar-refractivity contribution in [3.8, 4) is 0 Å². The number of halogens is 2. The van der Waals surface area contributed by atoms with Crippen molar-refractivity contribution in [2.45, 2.75) is 44.6 Å². The number of likely N-dealkylation sites (tertiary alicyclic amines) is 2. The van der Waals surface area contributed by atoms with Crippen LogP contribution in [0.1, 0.15) is 49.7 Å². The monoisotopic (exact) mass is 534 g/mol. The third-order valence-electron chi connectivity index (χ3n) is 8.32. The number of carbonyl (C=O) groups excluding carboxylic acids is 2. The summed E-state index contributed by atoms with van der Waals surface area (Å²) in [7, 11) is 0. The second-order valence-electron chi connectivity index (χ2n) is 10.8. The molecule has 2 fully saturated rings. The first-order chi connectivity index (χ1) is 18.9. The normalized spacial score (nSPS) is 18.6. The maximum atomic E-state index is 13.4. The zero-order chi connectivity index (χ0) is 27.4. The SMILES string of the molecule is CC(=O)NCC(C1CCN(C(=O)/C=C/c2cc(F)cc(F)c2)CC1)N1CCC(c2c[nH]c3ccccc23)CC1. The van der Waals surface area contributed by atoms with Crippen molar-refractivity contribution in [3.63, 3.8) is 0 Å². The van der Waals surface area contributed by atoms with E-state index in [-0.39, 0.29) is 17.9 Å². The molecule has 2 amide bonds. The molecule has 6 nitrogen and oxygen atoms in total. The minimum Gasteiger partial charge on any atom is -0.361 e. The highest BCUT2D eigenvalue weighted by atomic mass is 19.1. The van der Waals surface area contributed by atoms with Crippen LogP contribution in [0.25, 0.3) is 17.0 Å². The summed E-state index contributed by atoms with van der Waals surface area (Å²) in [5.74, 6) is -0.642. The molecule has 0 aliphatic carbocycles. The van der Waals surface area contributed by atoms with Gasteiger partial charge in [-0.05, 0) is 86.0 Å². The molecule has 3 heterocycles. The molecule has 0 spiro atoms. The van der Waals surface area contributed by atoms with Crippen molar-refractivity contribution in [3.05, 3.63) is 77.5 Å². The van der Waals surface area contributed by atoms with Gasteiger partial charge >= 0.3 is 0 Å². The fourth-order valence-corrected chi connectivity index (χ4v) is 6.26. The van der Waals surface area contributed by atoms with Crippen molar-refractivity contribution in [2.24, 2.45) is 5.92 Å². The van der Waals surface area contributed by atoms with Gasteiger partial charge in [0.1, 0.15) is 11.6 Å². The molecule has 2 aromatic carbocycles. The number of H-pyrrole nitrogens is 1. The van der Waals surface area contributed by atoms with Crippen molar-refractivity contribution in [1.29, 1.82) is 0 Å². The minimum atomic E-state index is -0.668. The summed E-state index contributed by atoms with van der Waals surface area (Å²) in [6, 6.07) is 11.9. The van der Waals surface area contributed by atoms with Crippen LogP contribution < -0.4 is 5.32 Å². The molecule has 206 valence electrons. The van der Waals surface area contributed by atoms with Crippen molar-refractivity contribution < 1.29 is 18.4 Å². The van der Waals surface area contributed by atoms with Gasteiger partial charge in [-0.15, -0.1) is 0 Å². The molecular weight excluding hydrogens is 498 g/mol. The Labute approximate surface area is 228 Å². The van der Waals surface area contributed by atoms with E-state index in [1.165, 1.54) is 40.8 Å². The average Bonchev–Trinajstić information content (AvgIpc) is 3.36. The highest BCUT2D eigenvalue weighted by Gasteiger charge is 2.34. The number of rotatable bonds is 7. The number of piperidine rings is 2. The van der Waals surface area contributed by atoms with Crippen LogP contribution in [0.3, 0.4) is 0 Å². The number of hydrogen-bond acceptors (Lipinski definition) is 3. The summed E-state index contributed by atoms with van der Waals surface area (Å²) in [6.45, 7) is 5.34. The maximum absolute atomic E-state index is 13.4. The highest BCUT2D eigenvalue weighted by molar-refractivity contribution is 5.91. The van der Waals surface area contributed by atoms with E-state index in [0.717, 1.165) is 44.8 Å². The molecule has 0 radical (unpaired) electrons. The number of aromatic amines is 1. The Morgan fingerprint density at radius 2 is 1.72 bits per heavy atom. The van der Waals surface area contributed by atoms with E-state index in [0.29, 0.717) is 37.0 Å².